The molecule has 1 atom stereocenters. The molecule has 0 spiro atoms. The first-order valence-electron chi connectivity index (χ1n) is 4.71. The number of rotatable bonds is 4. The summed E-state index contributed by atoms with van der Waals surface area (Å²) in [6.45, 7) is 0. The van der Waals surface area contributed by atoms with E-state index in [1.807, 2.05) is 0 Å². The number of halogens is 4. The minimum atomic E-state index is -1.94. The Labute approximate surface area is 129 Å². The van der Waals surface area contributed by atoms with Crippen LogP contribution in [0.3, 0.4) is 0 Å². The molecule has 3 nitrogen and oxygen atoms in total. The number of alkyl halides is 3. The fourth-order valence-electron chi connectivity index (χ4n) is 0.956. The molecule has 0 heterocycles. The van der Waals surface area contributed by atoms with Crippen molar-refractivity contribution in [1.29, 1.82) is 0 Å². The Morgan fingerprint density at radius 1 is 1.33 bits per heavy atom. The quantitative estimate of drug-likeness (QED) is 0.499. The van der Waals surface area contributed by atoms with Gasteiger partial charge in [0.1, 0.15) is 0 Å². The van der Waals surface area contributed by atoms with Gasteiger partial charge in [-0.25, -0.2) is 0 Å². The first kappa shape index (κ1) is 16.2. The third kappa shape index (κ3) is 5.87. The van der Waals surface area contributed by atoms with Gasteiger partial charge in [0.15, 0.2) is 6.23 Å². The third-order valence-electron chi connectivity index (χ3n) is 1.79. The van der Waals surface area contributed by atoms with Gasteiger partial charge in [0.05, 0.1) is 5.75 Å². The molecular formula is C10H9Cl4NO2S. The van der Waals surface area contributed by atoms with Crippen molar-refractivity contribution in [2.75, 3.05) is 5.75 Å². The lowest BCUT2D eigenvalue weighted by molar-refractivity contribution is -0.121. The van der Waals surface area contributed by atoms with Gasteiger partial charge in [-0.1, -0.05) is 46.4 Å². The van der Waals surface area contributed by atoms with Crippen molar-refractivity contribution in [2.45, 2.75) is 14.9 Å². The Morgan fingerprint density at radius 2 is 1.89 bits per heavy atom. The molecule has 1 unspecified atom stereocenters. The number of carbonyl (C=O) groups is 1. The Hall–Kier alpha value is 0.160. The highest BCUT2D eigenvalue weighted by atomic mass is 35.6. The van der Waals surface area contributed by atoms with Gasteiger partial charge in [-0.15, -0.1) is 11.8 Å². The maximum absolute atomic E-state index is 11.4. The predicted octanol–water partition coefficient (Wildman–Crippen LogP) is 3.24. The molecule has 100 valence electrons. The van der Waals surface area contributed by atoms with Gasteiger partial charge in [0, 0.05) is 9.92 Å². The van der Waals surface area contributed by atoms with E-state index < -0.39 is 15.9 Å². The van der Waals surface area contributed by atoms with Gasteiger partial charge in [-0.3, -0.25) is 4.79 Å². The molecule has 0 aliphatic carbocycles. The van der Waals surface area contributed by atoms with E-state index >= 15 is 0 Å². The molecule has 0 bridgehead atoms. The minimum Gasteiger partial charge on any atom is -0.369 e. The molecule has 0 aliphatic heterocycles. The highest BCUT2D eigenvalue weighted by molar-refractivity contribution is 8.00. The monoisotopic (exact) mass is 347 g/mol. The summed E-state index contributed by atoms with van der Waals surface area (Å²) in [6, 6.07) is 7.01. The number of carbonyl (C=O) groups excluding carboxylic acids is 1. The smallest absolute Gasteiger partial charge is 0.234 e. The number of thioether (sulfide) groups is 1. The normalized spacial score (nSPS) is 13.2. The molecule has 1 amide bonds. The second-order valence-corrected chi connectivity index (χ2v) is 7.11. The fraction of sp³-hybridized carbons (Fsp3) is 0.300. The highest BCUT2D eigenvalue weighted by Gasteiger charge is 2.31. The van der Waals surface area contributed by atoms with Crippen LogP contribution in [0.1, 0.15) is 0 Å². The maximum atomic E-state index is 11.4. The van der Waals surface area contributed by atoms with Crippen molar-refractivity contribution in [1.82, 2.24) is 5.32 Å². The molecule has 1 aromatic carbocycles. The van der Waals surface area contributed by atoms with E-state index in [0.29, 0.717) is 5.02 Å². The SMILES string of the molecule is O=C(CSc1ccc(Cl)cc1)NC(O)C(Cl)(Cl)Cl. The average molecular weight is 349 g/mol. The van der Waals surface area contributed by atoms with Crippen LogP contribution in [-0.4, -0.2) is 26.8 Å². The molecule has 8 heteroatoms. The zero-order valence-corrected chi connectivity index (χ0v) is 12.7. The lowest BCUT2D eigenvalue weighted by atomic mass is 10.4. The van der Waals surface area contributed by atoms with E-state index in [1.54, 1.807) is 24.3 Å². The van der Waals surface area contributed by atoms with Gasteiger partial charge in [0.25, 0.3) is 0 Å². The Morgan fingerprint density at radius 3 is 2.39 bits per heavy atom. The third-order valence-corrected chi connectivity index (χ3v) is 3.68. The topological polar surface area (TPSA) is 49.3 Å². The van der Waals surface area contributed by atoms with Crippen LogP contribution in [0.5, 0.6) is 0 Å². The molecule has 2 N–H and O–H groups in total. The van der Waals surface area contributed by atoms with Crippen LogP contribution < -0.4 is 5.32 Å². The molecule has 0 aliphatic rings. The summed E-state index contributed by atoms with van der Waals surface area (Å²) in [4.78, 5) is 12.3. The summed E-state index contributed by atoms with van der Waals surface area (Å²) in [7, 11) is 0. The van der Waals surface area contributed by atoms with Crippen molar-refractivity contribution < 1.29 is 9.90 Å². The van der Waals surface area contributed by atoms with Crippen LogP contribution in [0.4, 0.5) is 0 Å². The lowest BCUT2D eigenvalue weighted by Gasteiger charge is -2.19. The van der Waals surface area contributed by atoms with Gasteiger partial charge < -0.3 is 10.4 Å². The second kappa shape index (κ2) is 7.08. The van der Waals surface area contributed by atoms with Crippen molar-refractivity contribution in [2.24, 2.45) is 0 Å². The summed E-state index contributed by atoms with van der Waals surface area (Å²) in [6.07, 6.45) is -1.54. The maximum Gasteiger partial charge on any atom is 0.234 e. The molecular weight excluding hydrogens is 340 g/mol. The molecule has 0 fully saturated rings. The van der Waals surface area contributed by atoms with E-state index in [1.165, 1.54) is 11.8 Å². The largest absolute Gasteiger partial charge is 0.369 e. The van der Waals surface area contributed by atoms with Crippen LogP contribution in [0, 0.1) is 0 Å². The number of nitrogens with one attached hydrogen (secondary N) is 1. The van der Waals surface area contributed by atoms with Crippen molar-refractivity contribution in [3.05, 3.63) is 29.3 Å². The van der Waals surface area contributed by atoms with Crippen LogP contribution in [0.25, 0.3) is 0 Å². The van der Waals surface area contributed by atoms with Crippen LogP contribution in [-0.2, 0) is 4.79 Å². The first-order chi connectivity index (χ1) is 8.29. The van der Waals surface area contributed by atoms with E-state index in [2.05, 4.69) is 5.32 Å². The standard InChI is InChI=1S/C10H9Cl4NO2S/c11-6-1-3-7(4-2-6)18-5-8(16)15-9(17)10(12,13)14/h1-4,9,17H,5H2,(H,15,16). The van der Waals surface area contributed by atoms with Gasteiger partial charge >= 0.3 is 0 Å². The lowest BCUT2D eigenvalue weighted by Crippen LogP contribution is -2.44. The number of hydrogen-bond acceptors (Lipinski definition) is 3. The zero-order valence-electron chi connectivity index (χ0n) is 8.87. The summed E-state index contributed by atoms with van der Waals surface area (Å²) in [5.41, 5.74) is 0. The zero-order chi connectivity index (χ0) is 13.8. The highest BCUT2D eigenvalue weighted by Crippen LogP contribution is 2.29. The molecule has 0 aromatic heterocycles. The molecule has 1 aromatic rings. The van der Waals surface area contributed by atoms with Crippen molar-refractivity contribution in [3.63, 3.8) is 0 Å². The molecule has 18 heavy (non-hydrogen) atoms. The molecule has 0 radical (unpaired) electrons. The molecule has 0 saturated carbocycles. The summed E-state index contributed by atoms with van der Waals surface area (Å²) < 4.78 is -1.94. The van der Waals surface area contributed by atoms with E-state index in [0.717, 1.165) is 4.90 Å². The van der Waals surface area contributed by atoms with Gasteiger partial charge in [0.2, 0.25) is 9.70 Å². The van der Waals surface area contributed by atoms with Gasteiger partial charge in [-0.2, -0.15) is 0 Å². The average Bonchev–Trinajstić information content (AvgIpc) is 2.27. The number of aliphatic hydroxyl groups is 1. The number of hydrogen-bond donors (Lipinski definition) is 2. The van der Waals surface area contributed by atoms with Crippen LogP contribution in [0.15, 0.2) is 29.2 Å². The van der Waals surface area contributed by atoms with Crippen molar-refractivity contribution in [3.8, 4) is 0 Å². The molecule has 0 saturated heterocycles. The Balaban J connectivity index is 2.40. The Bertz CT molecular complexity index is 407. The van der Waals surface area contributed by atoms with Crippen LogP contribution >= 0.6 is 58.2 Å². The van der Waals surface area contributed by atoms with Gasteiger partial charge in [-0.05, 0) is 24.3 Å². The second-order valence-electron chi connectivity index (χ2n) is 3.25. The number of aliphatic hydroxyl groups excluding tert-OH is 1. The first-order valence-corrected chi connectivity index (χ1v) is 7.21. The van der Waals surface area contributed by atoms with E-state index in [-0.39, 0.29) is 5.75 Å². The summed E-state index contributed by atoms with van der Waals surface area (Å²) in [5.74, 6) is -0.340. The Kier molecular flexibility index (Phi) is 6.38. The summed E-state index contributed by atoms with van der Waals surface area (Å²) >= 11 is 23.2. The minimum absolute atomic E-state index is 0.0967. The summed E-state index contributed by atoms with van der Waals surface area (Å²) in [5, 5.41) is 12.1. The number of benzene rings is 1. The fourth-order valence-corrected chi connectivity index (χ4v) is 1.95. The molecule has 1 rings (SSSR count). The van der Waals surface area contributed by atoms with Crippen LogP contribution in [0.2, 0.25) is 5.02 Å². The van der Waals surface area contributed by atoms with Crippen molar-refractivity contribution >= 4 is 64.1 Å². The number of amides is 1. The predicted molar refractivity (Wildman–Crippen MR) is 76.6 cm³/mol. The van der Waals surface area contributed by atoms with E-state index in [4.69, 9.17) is 46.4 Å². The van der Waals surface area contributed by atoms with E-state index in [9.17, 15) is 9.90 Å².